The average molecular weight is 302 g/mol. The Kier molecular flexibility index (Phi) is 2.65. The Morgan fingerprint density at radius 1 is 1.23 bits per heavy atom. The summed E-state index contributed by atoms with van der Waals surface area (Å²) in [6.45, 7) is 3.16. The molecule has 1 N–H and O–H groups in total. The van der Waals surface area contributed by atoms with E-state index >= 15 is 0 Å². The van der Waals surface area contributed by atoms with Crippen molar-refractivity contribution in [3.63, 3.8) is 0 Å². The van der Waals surface area contributed by atoms with Crippen molar-refractivity contribution in [2.24, 2.45) is 28.6 Å². The zero-order valence-corrected chi connectivity index (χ0v) is 13.4. The maximum Gasteiger partial charge on any atom is 0.155 e. The van der Waals surface area contributed by atoms with Gasteiger partial charge in [0.05, 0.1) is 18.8 Å². The Hall–Kier alpha value is -0.670. The van der Waals surface area contributed by atoms with Crippen molar-refractivity contribution in [3.8, 4) is 0 Å². The quantitative estimate of drug-likeness (QED) is 0.748. The van der Waals surface area contributed by atoms with Crippen LogP contribution in [-0.2, 0) is 9.53 Å². The van der Waals surface area contributed by atoms with Gasteiger partial charge in [0.15, 0.2) is 5.78 Å². The van der Waals surface area contributed by atoms with Gasteiger partial charge in [0.2, 0.25) is 0 Å². The SMILES string of the molecule is CC12CCC3C(CC4OCC35CCC(=O)C=C45)C1CCC2O. The first kappa shape index (κ1) is 13.7. The molecule has 5 aliphatic rings. The highest BCUT2D eigenvalue weighted by Gasteiger charge is 2.64. The Morgan fingerprint density at radius 2 is 2.09 bits per heavy atom. The number of aliphatic hydroxyl groups is 1. The van der Waals surface area contributed by atoms with Gasteiger partial charge < -0.3 is 9.84 Å². The van der Waals surface area contributed by atoms with E-state index in [0.717, 1.165) is 32.3 Å². The predicted octanol–water partition coefficient (Wildman–Crippen LogP) is 2.87. The molecule has 0 radical (unpaired) electrons. The van der Waals surface area contributed by atoms with Gasteiger partial charge in [0, 0.05) is 11.8 Å². The molecule has 22 heavy (non-hydrogen) atoms. The lowest BCUT2D eigenvalue weighted by Gasteiger charge is -2.56. The van der Waals surface area contributed by atoms with Crippen LogP contribution in [0.5, 0.6) is 0 Å². The van der Waals surface area contributed by atoms with E-state index in [0.29, 0.717) is 30.0 Å². The lowest BCUT2D eigenvalue weighted by atomic mass is 9.47. The van der Waals surface area contributed by atoms with Crippen molar-refractivity contribution in [3.05, 3.63) is 11.6 Å². The highest BCUT2D eigenvalue weighted by atomic mass is 16.5. The first-order valence-electron chi connectivity index (χ1n) is 9.09. The molecule has 2 bridgehead atoms. The van der Waals surface area contributed by atoms with Crippen molar-refractivity contribution < 1.29 is 14.6 Å². The van der Waals surface area contributed by atoms with Crippen LogP contribution in [0.25, 0.3) is 0 Å². The summed E-state index contributed by atoms with van der Waals surface area (Å²) in [5.41, 5.74) is 1.63. The van der Waals surface area contributed by atoms with Gasteiger partial charge in [-0.2, -0.15) is 0 Å². The molecule has 3 heteroatoms. The van der Waals surface area contributed by atoms with Crippen LogP contribution in [0.3, 0.4) is 0 Å². The second-order valence-corrected chi connectivity index (χ2v) is 8.77. The summed E-state index contributed by atoms with van der Waals surface area (Å²) in [6, 6.07) is 0. The summed E-state index contributed by atoms with van der Waals surface area (Å²) in [7, 11) is 0. The maximum atomic E-state index is 11.9. The van der Waals surface area contributed by atoms with Crippen molar-refractivity contribution in [1.29, 1.82) is 0 Å². The molecule has 0 amide bonds. The molecule has 4 fully saturated rings. The number of carbonyl (C=O) groups excluding carboxylic acids is 1. The van der Waals surface area contributed by atoms with Gasteiger partial charge in [-0.05, 0) is 73.3 Å². The van der Waals surface area contributed by atoms with Gasteiger partial charge in [-0.1, -0.05) is 6.92 Å². The standard InChI is InChI=1S/C19H26O3/c1-18-6-5-14-12(13(18)2-3-17(18)21)9-16-15-8-11(20)4-7-19(14,15)10-22-16/h8,12-14,16-17,21H,2-7,9-10H2,1H3. The molecule has 1 saturated heterocycles. The Morgan fingerprint density at radius 3 is 2.95 bits per heavy atom. The molecule has 7 unspecified atom stereocenters. The third-order valence-corrected chi connectivity index (χ3v) is 8.18. The van der Waals surface area contributed by atoms with Gasteiger partial charge in [0.25, 0.3) is 0 Å². The summed E-state index contributed by atoms with van der Waals surface area (Å²) in [6.07, 6.45) is 9.31. The Bertz CT molecular complexity index is 567. The zero-order chi connectivity index (χ0) is 15.1. The topological polar surface area (TPSA) is 46.5 Å². The number of fused-ring (bicyclic) bond motifs is 3. The molecule has 120 valence electrons. The largest absolute Gasteiger partial charge is 0.393 e. The second-order valence-electron chi connectivity index (χ2n) is 8.77. The molecular formula is C19H26O3. The molecule has 4 aliphatic carbocycles. The van der Waals surface area contributed by atoms with Crippen LogP contribution in [0.1, 0.15) is 51.9 Å². The van der Waals surface area contributed by atoms with Gasteiger partial charge in [-0.25, -0.2) is 0 Å². The summed E-state index contributed by atoms with van der Waals surface area (Å²) in [5, 5.41) is 10.5. The van der Waals surface area contributed by atoms with Crippen LogP contribution < -0.4 is 0 Å². The zero-order valence-electron chi connectivity index (χ0n) is 13.4. The Labute approximate surface area is 132 Å². The first-order valence-corrected chi connectivity index (χ1v) is 9.09. The molecule has 3 saturated carbocycles. The van der Waals surface area contributed by atoms with E-state index in [-0.39, 0.29) is 23.0 Å². The molecule has 1 aliphatic heterocycles. The number of hydrogen-bond donors (Lipinski definition) is 1. The number of ketones is 1. The van der Waals surface area contributed by atoms with E-state index < -0.39 is 0 Å². The monoisotopic (exact) mass is 302 g/mol. The lowest BCUT2D eigenvalue weighted by Crippen LogP contribution is -2.53. The minimum absolute atomic E-state index is 0.112. The van der Waals surface area contributed by atoms with E-state index in [9.17, 15) is 9.90 Å². The van der Waals surface area contributed by atoms with Crippen LogP contribution in [0.2, 0.25) is 0 Å². The van der Waals surface area contributed by atoms with E-state index in [1.54, 1.807) is 0 Å². The summed E-state index contributed by atoms with van der Waals surface area (Å²) in [4.78, 5) is 11.9. The third-order valence-electron chi connectivity index (χ3n) is 8.18. The molecule has 5 rings (SSSR count). The molecule has 1 heterocycles. The second kappa shape index (κ2) is 4.24. The molecule has 0 spiro atoms. The van der Waals surface area contributed by atoms with Gasteiger partial charge in [0.1, 0.15) is 0 Å². The van der Waals surface area contributed by atoms with E-state index in [2.05, 4.69) is 6.92 Å². The minimum Gasteiger partial charge on any atom is -0.393 e. The summed E-state index contributed by atoms with van der Waals surface area (Å²) in [5.74, 6) is 2.32. The first-order chi connectivity index (χ1) is 10.5. The normalized spacial score (nSPS) is 56.2. The molecule has 0 aromatic carbocycles. The number of hydrogen-bond acceptors (Lipinski definition) is 3. The van der Waals surface area contributed by atoms with Gasteiger partial charge in [-0.15, -0.1) is 0 Å². The summed E-state index contributed by atoms with van der Waals surface area (Å²) < 4.78 is 6.18. The van der Waals surface area contributed by atoms with E-state index in [4.69, 9.17) is 4.74 Å². The number of rotatable bonds is 0. The molecule has 0 aromatic rings. The molecule has 7 atom stereocenters. The number of carbonyl (C=O) groups is 1. The third kappa shape index (κ3) is 1.48. The van der Waals surface area contributed by atoms with Crippen molar-refractivity contribution in [2.75, 3.05) is 6.61 Å². The lowest BCUT2D eigenvalue weighted by molar-refractivity contribution is -0.117. The van der Waals surface area contributed by atoms with Crippen molar-refractivity contribution >= 4 is 5.78 Å². The van der Waals surface area contributed by atoms with Crippen molar-refractivity contribution in [1.82, 2.24) is 0 Å². The maximum absolute atomic E-state index is 11.9. The molecule has 3 nitrogen and oxygen atoms in total. The minimum atomic E-state index is -0.112. The highest BCUT2D eigenvalue weighted by molar-refractivity contribution is 5.92. The fraction of sp³-hybridized carbons (Fsp3) is 0.842. The predicted molar refractivity (Wildman–Crippen MR) is 82.2 cm³/mol. The van der Waals surface area contributed by atoms with Crippen LogP contribution in [0, 0.1) is 28.6 Å². The van der Waals surface area contributed by atoms with Gasteiger partial charge >= 0.3 is 0 Å². The average Bonchev–Trinajstić information content (AvgIpc) is 2.94. The Balaban J connectivity index is 1.57. The number of ether oxygens (including phenoxy) is 1. The summed E-state index contributed by atoms with van der Waals surface area (Å²) >= 11 is 0. The van der Waals surface area contributed by atoms with Crippen LogP contribution in [0.4, 0.5) is 0 Å². The van der Waals surface area contributed by atoms with Crippen LogP contribution >= 0.6 is 0 Å². The number of aliphatic hydroxyl groups excluding tert-OH is 1. The van der Waals surface area contributed by atoms with E-state index in [1.807, 2.05) is 6.08 Å². The van der Waals surface area contributed by atoms with Crippen LogP contribution in [-0.4, -0.2) is 29.7 Å². The van der Waals surface area contributed by atoms with E-state index in [1.165, 1.54) is 18.4 Å². The smallest absolute Gasteiger partial charge is 0.155 e. The molecule has 0 aromatic heterocycles. The fourth-order valence-electron chi connectivity index (χ4n) is 7.01. The van der Waals surface area contributed by atoms with Crippen LogP contribution in [0.15, 0.2) is 11.6 Å². The van der Waals surface area contributed by atoms with Crippen molar-refractivity contribution in [2.45, 2.75) is 64.1 Å². The van der Waals surface area contributed by atoms with Gasteiger partial charge in [-0.3, -0.25) is 4.79 Å². The highest BCUT2D eigenvalue weighted by Crippen LogP contribution is 2.67. The molecular weight excluding hydrogens is 276 g/mol. The fourth-order valence-corrected chi connectivity index (χ4v) is 7.01.